The van der Waals surface area contributed by atoms with Gasteiger partial charge in [-0.15, -0.1) is 0 Å². The van der Waals surface area contributed by atoms with Crippen LogP contribution in [-0.2, 0) is 14.3 Å². The Bertz CT molecular complexity index is 655. The molecule has 0 aliphatic heterocycles. The molecule has 1 unspecified atom stereocenters. The third-order valence-electron chi connectivity index (χ3n) is 3.70. The highest BCUT2D eigenvalue weighted by atomic mass is 16.6. The molecule has 142 valence electrons. The van der Waals surface area contributed by atoms with E-state index in [0.29, 0.717) is 5.92 Å². The van der Waals surface area contributed by atoms with Crippen LogP contribution in [0, 0.1) is 16.0 Å². The largest absolute Gasteiger partial charge is 0.452 e. The Labute approximate surface area is 153 Å². The van der Waals surface area contributed by atoms with E-state index in [2.05, 4.69) is 19.2 Å². The van der Waals surface area contributed by atoms with Crippen molar-refractivity contribution in [2.75, 3.05) is 6.61 Å². The van der Waals surface area contributed by atoms with E-state index >= 15 is 0 Å². The molecule has 0 bridgehead atoms. The lowest BCUT2D eigenvalue weighted by molar-refractivity contribution is -0.385. The van der Waals surface area contributed by atoms with Gasteiger partial charge in [0.1, 0.15) is 0 Å². The summed E-state index contributed by atoms with van der Waals surface area (Å²) >= 11 is 0. The van der Waals surface area contributed by atoms with E-state index in [9.17, 15) is 19.7 Å². The van der Waals surface area contributed by atoms with Crippen molar-refractivity contribution in [1.82, 2.24) is 5.32 Å². The minimum atomic E-state index is -0.731. The van der Waals surface area contributed by atoms with Crippen molar-refractivity contribution in [1.29, 1.82) is 0 Å². The fraction of sp³-hybridized carbons (Fsp3) is 0.474. The smallest absolute Gasteiger partial charge is 0.331 e. The maximum absolute atomic E-state index is 11.8. The number of ether oxygens (including phenoxy) is 1. The average molecular weight is 362 g/mol. The van der Waals surface area contributed by atoms with Crippen LogP contribution in [0.4, 0.5) is 5.69 Å². The number of amides is 1. The summed E-state index contributed by atoms with van der Waals surface area (Å²) in [7, 11) is 0. The van der Waals surface area contributed by atoms with Crippen LogP contribution in [0.5, 0.6) is 0 Å². The summed E-state index contributed by atoms with van der Waals surface area (Å²) in [5.41, 5.74) is 0.183. The molecule has 0 spiro atoms. The summed E-state index contributed by atoms with van der Waals surface area (Å²) in [4.78, 5) is 33.8. The second-order valence-electron chi connectivity index (χ2n) is 6.55. The Hall–Kier alpha value is -2.70. The van der Waals surface area contributed by atoms with Gasteiger partial charge in [-0.1, -0.05) is 38.8 Å². The molecule has 1 N–H and O–H groups in total. The SMILES string of the molecule is CC(C)CCCC(C)NC(=O)COC(=O)/C=C/c1ccccc1[N+](=O)[O-]. The van der Waals surface area contributed by atoms with Gasteiger partial charge in [0.05, 0.1) is 10.5 Å². The van der Waals surface area contributed by atoms with Crippen molar-refractivity contribution < 1.29 is 19.2 Å². The molecule has 0 aliphatic rings. The number of nitrogens with one attached hydrogen (secondary N) is 1. The highest BCUT2D eigenvalue weighted by molar-refractivity contribution is 5.89. The van der Waals surface area contributed by atoms with Gasteiger partial charge < -0.3 is 10.1 Å². The van der Waals surface area contributed by atoms with Crippen LogP contribution in [0.2, 0.25) is 0 Å². The number of esters is 1. The molecular weight excluding hydrogens is 336 g/mol. The molecule has 0 fully saturated rings. The topological polar surface area (TPSA) is 98.5 Å². The van der Waals surface area contributed by atoms with Gasteiger partial charge in [-0.2, -0.15) is 0 Å². The van der Waals surface area contributed by atoms with Crippen molar-refractivity contribution in [3.8, 4) is 0 Å². The molecule has 0 heterocycles. The summed E-state index contributed by atoms with van der Waals surface area (Å²) in [6.07, 6.45) is 5.37. The zero-order chi connectivity index (χ0) is 19.5. The highest BCUT2D eigenvalue weighted by Gasteiger charge is 2.11. The Balaban J connectivity index is 2.40. The second-order valence-corrected chi connectivity index (χ2v) is 6.55. The number of hydrogen-bond acceptors (Lipinski definition) is 5. The number of benzene rings is 1. The number of nitro benzene ring substituents is 1. The lowest BCUT2D eigenvalue weighted by atomic mass is 10.0. The number of hydrogen-bond donors (Lipinski definition) is 1. The van der Waals surface area contributed by atoms with E-state index in [0.717, 1.165) is 25.3 Å². The molecule has 1 rings (SSSR count). The van der Waals surface area contributed by atoms with E-state index < -0.39 is 10.9 Å². The quantitative estimate of drug-likeness (QED) is 0.297. The van der Waals surface area contributed by atoms with E-state index in [1.165, 1.54) is 18.2 Å². The zero-order valence-electron chi connectivity index (χ0n) is 15.4. The predicted octanol–water partition coefficient (Wildman–Crippen LogP) is 3.48. The Morgan fingerprint density at radius 2 is 1.92 bits per heavy atom. The standard InChI is InChI=1S/C19H26N2O5/c1-14(2)7-6-8-15(3)20-18(22)13-26-19(23)12-11-16-9-4-5-10-17(16)21(24)25/h4-5,9-12,14-15H,6-8,13H2,1-3H3,(H,20,22)/b12-11+. The van der Waals surface area contributed by atoms with E-state index in [4.69, 9.17) is 4.74 Å². The van der Waals surface area contributed by atoms with Crippen molar-refractivity contribution in [3.63, 3.8) is 0 Å². The lowest BCUT2D eigenvalue weighted by Crippen LogP contribution is -2.35. The van der Waals surface area contributed by atoms with Gasteiger partial charge in [0, 0.05) is 18.2 Å². The van der Waals surface area contributed by atoms with Crippen LogP contribution in [0.25, 0.3) is 6.08 Å². The summed E-state index contributed by atoms with van der Waals surface area (Å²) in [5, 5.41) is 13.7. The molecule has 1 aromatic rings. The van der Waals surface area contributed by atoms with E-state index in [-0.39, 0.29) is 29.8 Å². The number of para-hydroxylation sites is 1. The van der Waals surface area contributed by atoms with Gasteiger partial charge in [0.25, 0.3) is 11.6 Å². The molecule has 26 heavy (non-hydrogen) atoms. The summed E-state index contributed by atoms with van der Waals surface area (Å²) in [6, 6.07) is 6.06. The zero-order valence-corrected chi connectivity index (χ0v) is 15.4. The number of nitro groups is 1. The highest BCUT2D eigenvalue weighted by Crippen LogP contribution is 2.18. The van der Waals surface area contributed by atoms with Gasteiger partial charge in [-0.3, -0.25) is 14.9 Å². The predicted molar refractivity (Wildman–Crippen MR) is 99.4 cm³/mol. The van der Waals surface area contributed by atoms with Gasteiger partial charge in [0.2, 0.25) is 0 Å². The first-order valence-corrected chi connectivity index (χ1v) is 8.67. The first kappa shape index (κ1) is 21.3. The molecule has 1 atom stereocenters. The maximum Gasteiger partial charge on any atom is 0.331 e. The normalized spacial score (nSPS) is 12.2. The van der Waals surface area contributed by atoms with Gasteiger partial charge >= 0.3 is 5.97 Å². The Morgan fingerprint density at radius 1 is 1.23 bits per heavy atom. The van der Waals surface area contributed by atoms with Crippen LogP contribution in [0.15, 0.2) is 30.3 Å². The fourth-order valence-corrected chi connectivity index (χ4v) is 2.36. The van der Waals surface area contributed by atoms with Crippen LogP contribution in [0.3, 0.4) is 0 Å². The van der Waals surface area contributed by atoms with Gasteiger partial charge in [0.15, 0.2) is 6.61 Å². The first-order chi connectivity index (χ1) is 12.3. The van der Waals surface area contributed by atoms with Crippen LogP contribution < -0.4 is 5.32 Å². The van der Waals surface area contributed by atoms with E-state index in [1.807, 2.05) is 6.92 Å². The van der Waals surface area contributed by atoms with Crippen LogP contribution in [-0.4, -0.2) is 29.4 Å². The second kappa shape index (κ2) is 11.0. The van der Waals surface area contributed by atoms with E-state index in [1.54, 1.807) is 12.1 Å². The average Bonchev–Trinajstić information content (AvgIpc) is 2.57. The third-order valence-corrected chi connectivity index (χ3v) is 3.70. The monoisotopic (exact) mass is 362 g/mol. The van der Waals surface area contributed by atoms with Crippen LogP contribution >= 0.6 is 0 Å². The molecule has 1 amide bonds. The van der Waals surface area contributed by atoms with Crippen LogP contribution in [0.1, 0.15) is 45.6 Å². The number of carbonyl (C=O) groups is 2. The molecule has 0 aromatic heterocycles. The van der Waals surface area contributed by atoms with Crippen molar-refractivity contribution in [2.24, 2.45) is 5.92 Å². The molecule has 7 nitrogen and oxygen atoms in total. The molecule has 7 heteroatoms. The first-order valence-electron chi connectivity index (χ1n) is 8.67. The van der Waals surface area contributed by atoms with Crippen molar-refractivity contribution >= 4 is 23.6 Å². The molecule has 1 aromatic carbocycles. The summed E-state index contributed by atoms with van der Waals surface area (Å²) in [6.45, 7) is 5.84. The minimum absolute atomic E-state index is 0.0162. The molecule has 0 radical (unpaired) electrons. The third kappa shape index (κ3) is 8.41. The van der Waals surface area contributed by atoms with Gasteiger partial charge in [-0.05, 0) is 31.4 Å². The molecule has 0 aliphatic carbocycles. The number of carbonyl (C=O) groups excluding carboxylic acids is 2. The Kier molecular flexibility index (Phi) is 9.05. The molecule has 0 saturated carbocycles. The lowest BCUT2D eigenvalue weighted by Gasteiger charge is -2.14. The van der Waals surface area contributed by atoms with Crippen molar-refractivity contribution in [3.05, 3.63) is 46.0 Å². The van der Waals surface area contributed by atoms with Gasteiger partial charge in [-0.25, -0.2) is 4.79 Å². The number of rotatable bonds is 10. The van der Waals surface area contributed by atoms with Crippen molar-refractivity contribution in [2.45, 2.75) is 46.1 Å². The minimum Gasteiger partial charge on any atom is -0.452 e. The maximum atomic E-state index is 11.8. The fourth-order valence-electron chi connectivity index (χ4n) is 2.36. The summed E-state index contributed by atoms with van der Waals surface area (Å²) in [5.74, 6) is -0.466. The molecular formula is C19H26N2O5. The molecule has 0 saturated heterocycles. The summed E-state index contributed by atoms with van der Waals surface area (Å²) < 4.78 is 4.86. The number of nitrogens with zero attached hydrogens (tertiary/aromatic N) is 1. The Morgan fingerprint density at radius 3 is 2.58 bits per heavy atom.